The molecule has 1 atom stereocenters. The van der Waals surface area contributed by atoms with Crippen LogP contribution in [0.2, 0.25) is 0 Å². The Bertz CT molecular complexity index is 1050. The summed E-state index contributed by atoms with van der Waals surface area (Å²) in [5, 5.41) is 0. The summed E-state index contributed by atoms with van der Waals surface area (Å²) in [7, 11) is 0. The third-order valence-corrected chi connectivity index (χ3v) is 11.9. The lowest BCUT2D eigenvalue weighted by molar-refractivity contribution is -0.167. The fourth-order valence-corrected chi connectivity index (χ4v) is 7.80. The molecule has 0 spiro atoms. The number of carbonyl (C=O) groups is 3. The minimum absolute atomic E-state index is 0.0746. The third-order valence-electron chi connectivity index (χ3n) is 11.9. The molecule has 0 amide bonds. The lowest BCUT2D eigenvalue weighted by Crippen LogP contribution is -2.30. The van der Waals surface area contributed by atoms with Crippen molar-refractivity contribution in [3.05, 3.63) is 36.5 Å². The molecule has 0 heterocycles. The molecular formula is C56H102O6. The van der Waals surface area contributed by atoms with Crippen LogP contribution in [0, 0.1) is 0 Å². The molecule has 0 radical (unpaired) electrons. The van der Waals surface area contributed by atoms with Gasteiger partial charge in [0.15, 0.2) is 6.10 Å². The van der Waals surface area contributed by atoms with Gasteiger partial charge in [-0.1, -0.05) is 243 Å². The zero-order valence-electron chi connectivity index (χ0n) is 41.4. The predicted octanol–water partition coefficient (Wildman–Crippen LogP) is 17.7. The molecule has 0 aromatic heterocycles. The van der Waals surface area contributed by atoms with Crippen LogP contribution < -0.4 is 0 Å². The van der Waals surface area contributed by atoms with E-state index >= 15 is 0 Å². The highest BCUT2D eigenvalue weighted by Gasteiger charge is 2.19. The quantitative estimate of drug-likeness (QED) is 0.0262. The number of esters is 3. The lowest BCUT2D eigenvalue weighted by Gasteiger charge is -2.18. The highest BCUT2D eigenvalue weighted by atomic mass is 16.6. The second-order valence-corrected chi connectivity index (χ2v) is 18.2. The van der Waals surface area contributed by atoms with E-state index in [4.69, 9.17) is 14.2 Å². The molecule has 0 fully saturated rings. The summed E-state index contributed by atoms with van der Waals surface area (Å²) < 4.78 is 16.7. The normalized spacial score (nSPS) is 12.2. The average molecular weight is 871 g/mol. The summed E-state index contributed by atoms with van der Waals surface area (Å²) in [6.45, 7) is 6.56. The lowest BCUT2D eigenvalue weighted by atomic mass is 10.0. The molecule has 0 N–H and O–H groups in total. The van der Waals surface area contributed by atoms with Gasteiger partial charge in [0, 0.05) is 19.3 Å². The maximum Gasteiger partial charge on any atom is 0.306 e. The van der Waals surface area contributed by atoms with Crippen LogP contribution in [0.1, 0.15) is 284 Å². The average Bonchev–Trinajstić information content (AvgIpc) is 3.27. The molecule has 0 saturated carbocycles. The molecule has 62 heavy (non-hydrogen) atoms. The Morgan fingerprint density at radius 3 is 0.903 bits per heavy atom. The molecule has 0 aliphatic heterocycles. The molecular weight excluding hydrogens is 769 g/mol. The van der Waals surface area contributed by atoms with E-state index in [1.165, 1.54) is 161 Å². The predicted molar refractivity (Wildman–Crippen MR) is 266 cm³/mol. The van der Waals surface area contributed by atoms with E-state index in [2.05, 4.69) is 57.2 Å². The van der Waals surface area contributed by atoms with Crippen LogP contribution >= 0.6 is 0 Å². The molecule has 0 bridgehead atoms. The van der Waals surface area contributed by atoms with Gasteiger partial charge < -0.3 is 14.2 Å². The van der Waals surface area contributed by atoms with Crippen molar-refractivity contribution in [2.45, 2.75) is 290 Å². The van der Waals surface area contributed by atoms with E-state index in [1.807, 2.05) is 0 Å². The Hall–Kier alpha value is -2.37. The van der Waals surface area contributed by atoms with Crippen LogP contribution in [0.3, 0.4) is 0 Å². The summed E-state index contributed by atoms with van der Waals surface area (Å²) in [4.78, 5) is 37.7. The minimum Gasteiger partial charge on any atom is -0.462 e. The maximum atomic E-state index is 12.7. The van der Waals surface area contributed by atoms with Gasteiger partial charge in [-0.15, -0.1) is 0 Å². The summed E-state index contributed by atoms with van der Waals surface area (Å²) in [6.07, 6.45) is 60.3. The van der Waals surface area contributed by atoms with Crippen molar-refractivity contribution in [1.29, 1.82) is 0 Å². The van der Waals surface area contributed by atoms with Crippen LogP contribution in [0.25, 0.3) is 0 Å². The topological polar surface area (TPSA) is 78.9 Å². The van der Waals surface area contributed by atoms with E-state index in [0.29, 0.717) is 19.3 Å². The minimum atomic E-state index is -0.770. The summed E-state index contributed by atoms with van der Waals surface area (Å²) in [6, 6.07) is 0. The van der Waals surface area contributed by atoms with E-state index in [1.54, 1.807) is 0 Å². The fourth-order valence-electron chi connectivity index (χ4n) is 7.80. The first kappa shape index (κ1) is 59.6. The number of allylic oxidation sites excluding steroid dienone is 6. The van der Waals surface area contributed by atoms with E-state index in [0.717, 1.165) is 83.5 Å². The van der Waals surface area contributed by atoms with Crippen LogP contribution in [0.5, 0.6) is 0 Å². The number of hydrogen-bond donors (Lipinski definition) is 0. The molecule has 0 aliphatic carbocycles. The smallest absolute Gasteiger partial charge is 0.306 e. The number of unbranched alkanes of at least 4 members (excludes halogenated alkanes) is 32. The monoisotopic (exact) mass is 871 g/mol. The van der Waals surface area contributed by atoms with Gasteiger partial charge >= 0.3 is 17.9 Å². The second-order valence-electron chi connectivity index (χ2n) is 18.2. The zero-order chi connectivity index (χ0) is 45.1. The van der Waals surface area contributed by atoms with Gasteiger partial charge in [-0.2, -0.15) is 0 Å². The molecule has 0 aliphatic rings. The van der Waals surface area contributed by atoms with E-state index in [9.17, 15) is 14.4 Å². The first-order chi connectivity index (χ1) is 30.5. The second kappa shape index (κ2) is 51.3. The summed E-state index contributed by atoms with van der Waals surface area (Å²) in [5.74, 6) is -0.889. The first-order valence-corrected chi connectivity index (χ1v) is 27.0. The zero-order valence-corrected chi connectivity index (χ0v) is 41.4. The Kier molecular flexibility index (Phi) is 49.3. The molecule has 0 aromatic carbocycles. The highest BCUT2D eigenvalue weighted by molar-refractivity contribution is 5.71. The van der Waals surface area contributed by atoms with Crippen LogP contribution in [0.4, 0.5) is 0 Å². The van der Waals surface area contributed by atoms with Gasteiger partial charge in [0.05, 0.1) is 0 Å². The van der Waals surface area contributed by atoms with Gasteiger partial charge in [-0.05, 0) is 57.8 Å². The molecule has 0 saturated heterocycles. The van der Waals surface area contributed by atoms with Gasteiger partial charge in [-0.25, -0.2) is 0 Å². The van der Waals surface area contributed by atoms with Crippen molar-refractivity contribution in [3.8, 4) is 0 Å². The van der Waals surface area contributed by atoms with Crippen molar-refractivity contribution < 1.29 is 28.6 Å². The Morgan fingerprint density at radius 2 is 0.581 bits per heavy atom. The summed E-state index contributed by atoms with van der Waals surface area (Å²) in [5.41, 5.74) is 0. The Morgan fingerprint density at radius 1 is 0.323 bits per heavy atom. The van der Waals surface area contributed by atoms with Crippen molar-refractivity contribution >= 4 is 17.9 Å². The molecule has 1 unspecified atom stereocenters. The van der Waals surface area contributed by atoms with E-state index in [-0.39, 0.29) is 31.1 Å². The first-order valence-electron chi connectivity index (χ1n) is 27.0. The molecule has 0 aromatic rings. The molecule has 0 rings (SSSR count). The fraction of sp³-hybridized carbons (Fsp3) is 0.839. The van der Waals surface area contributed by atoms with Gasteiger partial charge in [-0.3, -0.25) is 14.4 Å². The Balaban J connectivity index is 4.14. The van der Waals surface area contributed by atoms with Gasteiger partial charge in [0.2, 0.25) is 0 Å². The van der Waals surface area contributed by atoms with Crippen molar-refractivity contribution in [2.24, 2.45) is 0 Å². The summed E-state index contributed by atoms with van der Waals surface area (Å²) >= 11 is 0. The molecule has 362 valence electrons. The number of rotatable bonds is 49. The van der Waals surface area contributed by atoms with Crippen molar-refractivity contribution in [3.63, 3.8) is 0 Å². The van der Waals surface area contributed by atoms with Crippen molar-refractivity contribution in [2.75, 3.05) is 13.2 Å². The Labute approximate surface area is 385 Å². The standard InChI is InChI=1S/C56H102O6/c1-4-7-10-13-15-17-19-21-23-25-27-28-29-31-32-34-36-38-40-43-46-49-55(58)61-52-53(51-60-54(57)48-45-42-12-9-6-3)62-56(59)50-47-44-41-39-37-35-33-30-26-24-22-20-18-16-14-11-8-5-2/h19,21,25,27,29,31,53H,4-18,20,22-24,26,28,30,32-52H2,1-3H3/b21-19-,27-25-,31-29-. The third kappa shape index (κ3) is 48.7. The SMILES string of the molecule is CCCCCCC/C=C\C/C=C\C/C=C\CCCCCCCCC(=O)OCC(COC(=O)CCCCCCC)OC(=O)CCCCCCCCCCCCCCCCCCCC. The van der Waals surface area contributed by atoms with Gasteiger partial charge in [0.1, 0.15) is 13.2 Å². The number of hydrogen-bond acceptors (Lipinski definition) is 6. The van der Waals surface area contributed by atoms with E-state index < -0.39 is 6.10 Å². The molecule has 6 heteroatoms. The largest absolute Gasteiger partial charge is 0.462 e. The maximum absolute atomic E-state index is 12.7. The van der Waals surface area contributed by atoms with Gasteiger partial charge in [0.25, 0.3) is 0 Å². The van der Waals surface area contributed by atoms with Crippen LogP contribution in [0.15, 0.2) is 36.5 Å². The van der Waals surface area contributed by atoms with Crippen molar-refractivity contribution in [1.82, 2.24) is 0 Å². The van der Waals surface area contributed by atoms with Crippen LogP contribution in [-0.4, -0.2) is 37.2 Å². The molecule has 6 nitrogen and oxygen atoms in total. The number of carbonyl (C=O) groups excluding carboxylic acids is 3. The number of ether oxygens (including phenoxy) is 3. The van der Waals surface area contributed by atoms with Crippen LogP contribution in [-0.2, 0) is 28.6 Å². The highest BCUT2D eigenvalue weighted by Crippen LogP contribution is 2.16.